The van der Waals surface area contributed by atoms with Crippen molar-refractivity contribution in [3.05, 3.63) is 41.0 Å². The fraction of sp³-hybridized carbons (Fsp3) is 0.474. The highest BCUT2D eigenvalue weighted by Gasteiger charge is 2.46. The van der Waals surface area contributed by atoms with Crippen LogP contribution in [-0.4, -0.2) is 38.7 Å². The number of pyridine rings is 1. The third-order valence-electron chi connectivity index (χ3n) is 5.22. The molecule has 168 valence electrons. The number of hydrogen-bond donors (Lipinski definition) is 2. The summed E-state index contributed by atoms with van der Waals surface area (Å²) in [6.45, 7) is 2.13. The molecular weight excluding hydrogens is 425 g/mol. The van der Waals surface area contributed by atoms with Crippen molar-refractivity contribution in [1.29, 1.82) is 0 Å². The highest BCUT2D eigenvalue weighted by atomic mass is 19.4. The molecule has 1 aliphatic rings. The minimum atomic E-state index is -4.59. The molecule has 3 rings (SSSR count). The van der Waals surface area contributed by atoms with Gasteiger partial charge in [-0.2, -0.15) is 18.3 Å². The second-order valence-electron chi connectivity index (χ2n) is 7.68. The van der Waals surface area contributed by atoms with Gasteiger partial charge >= 0.3 is 6.18 Å². The predicted octanol–water partition coefficient (Wildman–Crippen LogP) is 3.65. The van der Waals surface area contributed by atoms with E-state index in [2.05, 4.69) is 15.4 Å². The van der Waals surface area contributed by atoms with Gasteiger partial charge in [0.2, 0.25) is 5.92 Å². The summed E-state index contributed by atoms with van der Waals surface area (Å²) < 4.78 is 67.3. The predicted molar refractivity (Wildman–Crippen MR) is 99.8 cm³/mol. The SMILES string of the molecule is Cc1c(C(C)C(F)(F)F)nn(CC2CC(F)(F)C2)c1C(=O)Nc1ccnc(C(N)=O)c1. The largest absolute Gasteiger partial charge is 0.397 e. The molecule has 12 heteroatoms. The fourth-order valence-corrected chi connectivity index (χ4v) is 3.55. The van der Waals surface area contributed by atoms with Crippen LogP contribution in [0.25, 0.3) is 0 Å². The van der Waals surface area contributed by atoms with Gasteiger partial charge in [-0.15, -0.1) is 0 Å². The Hall–Kier alpha value is -3.05. The summed E-state index contributed by atoms with van der Waals surface area (Å²) >= 11 is 0. The molecular formula is C19H20F5N5O2. The number of alkyl halides is 5. The summed E-state index contributed by atoms with van der Waals surface area (Å²) in [6.07, 6.45) is -4.22. The molecule has 0 aromatic carbocycles. The molecule has 2 aromatic rings. The number of nitrogens with one attached hydrogen (secondary N) is 1. The van der Waals surface area contributed by atoms with Gasteiger partial charge in [0, 0.05) is 36.8 Å². The van der Waals surface area contributed by atoms with E-state index in [1.807, 2.05) is 0 Å². The Bertz CT molecular complexity index is 1010. The van der Waals surface area contributed by atoms with Gasteiger partial charge in [0.1, 0.15) is 11.4 Å². The number of nitrogens with two attached hydrogens (primary N) is 1. The number of rotatable bonds is 6. The highest BCUT2D eigenvalue weighted by molar-refractivity contribution is 6.04. The Morgan fingerprint density at radius 3 is 2.55 bits per heavy atom. The van der Waals surface area contributed by atoms with Gasteiger partial charge in [0.25, 0.3) is 11.8 Å². The zero-order valence-electron chi connectivity index (χ0n) is 16.6. The maximum atomic E-state index is 13.3. The van der Waals surface area contributed by atoms with Crippen molar-refractivity contribution in [2.75, 3.05) is 5.32 Å². The van der Waals surface area contributed by atoms with Crippen molar-refractivity contribution in [3.8, 4) is 0 Å². The van der Waals surface area contributed by atoms with Crippen molar-refractivity contribution < 1.29 is 31.5 Å². The monoisotopic (exact) mass is 445 g/mol. The van der Waals surface area contributed by atoms with E-state index in [0.717, 1.165) is 11.6 Å². The number of aromatic nitrogens is 3. The van der Waals surface area contributed by atoms with Crippen LogP contribution in [0, 0.1) is 12.8 Å². The summed E-state index contributed by atoms with van der Waals surface area (Å²) in [5.41, 5.74) is 4.65. The standard InChI is InChI=1S/C19H20F5N5O2/c1-9-14(10(2)19(22,23)24)28-29(8-11-6-18(20,21)7-11)15(9)17(31)27-12-3-4-26-13(5-12)16(25)30/h3-5,10-11H,6-8H2,1-2H3,(H2,25,30)(H,26,27,31). The number of halogens is 5. The number of amides is 2. The van der Waals surface area contributed by atoms with Crippen molar-refractivity contribution in [3.63, 3.8) is 0 Å². The van der Waals surface area contributed by atoms with Crippen molar-refractivity contribution in [1.82, 2.24) is 14.8 Å². The van der Waals surface area contributed by atoms with E-state index in [1.54, 1.807) is 0 Å². The molecule has 0 bridgehead atoms. The number of hydrogen-bond acceptors (Lipinski definition) is 4. The molecule has 0 spiro atoms. The Morgan fingerprint density at radius 2 is 2.00 bits per heavy atom. The van der Waals surface area contributed by atoms with E-state index in [4.69, 9.17) is 5.73 Å². The van der Waals surface area contributed by atoms with Gasteiger partial charge in [0.05, 0.1) is 11.6 Å². The van der Waals surface area contributed by atoms with Gasteiger partial charge in [-0.05, 0) is 31.9 Å². The number of nitrogens with zero attached hydrogens (tertiary/aromatic N) is 3. The smallest absolute Gasteiger partial charge is 0.364 e. The molecule has 2 heterocycles. The third-order valence-corrected chi connectivity index (χ3v) is 5.22. The Labute approximate surface area is 173 Å². The number of carbonyl (C=O) groups excluding carboxylic acids is 2. The minimum Gasteiger partial charge on any atom is -0.364 e. The second-order valence-corrected chi connectivity index (χ2v) is 7.68. The van der Waals surface area contributed by atoms with Crippen LogP contribution < -0.4 is 11.1 Å². The zero-order valence-corrected chi connectivity index (χ0v) is 16.6. The molecule has 3 N–H and O–H groups in total. The zero-order chi connectivity index (χ0) is 23.1. The van der Waals surface area contributed by atoms with Gasteiger partial charge in [-0.25, -0.2) is 8.78 Å². The lowest BCUT2D eigenvalue weighted by Gasteiger charge is -2.35. The Balaban J connectivity index is 1.94. The molecule has 2 aromatic heterocycles. The maximum absolute atomic E-state index is 13.3. The lowest BCUT2D eigenvalue weighted by atomic mass is 9.81. The fourth-order valence-electron chi connectivity index (χ4n) is 3.55. The van der Waals surface area contributed by atoms with Gasteiger partial charge in [-0.3, -0.25) is 19.3 Å². The minimum absolute atomic E-state index is 0.00223. The average molecular weight is 445 g/mol. The highest BCUT2D eigenvalue weighted by Crippen LogP contribution is 2.43. The van der Waals surface area contributed by atoms with Gasteiger partial charge in [0.15, 0.2) is 0 Å². The van der Waals surface area contributed by atoms with Crippen LogP contribution in [0.1, 0.15) is 57.9 Å². The summed E-state index contributed by atoms with van der Waals surface area (Å²) in [5, 5.41) is 6.43. The lowest BCUT2D eigenvalue weighted by Crippen LogP contribution is -2.38. The maximum Gasteiger partial charge on any atom is 0.397 e. The topological polar surface area (TPSA) is 103 Å². The van der Waals surface area contributed by atoms with Crippen molar-refractivity contribution in [2.45, 2.75) is 51.3 Å². The van der Waals surface area contributed by atoms with E-state index in [-0.39, 0.29) is 34.9 Å². The van der Waals surface area contributed by atoms with Crippen molar-refractivity contribution >= 4 is 17.5 Å². The first-order chi connectivity index (χ1) is 14.3. The molecule has 1 fully saturated rings. The molecule has 1 atom stereocenters. The molecule has 7 nitrogen and oxygen atoms in total. The van der Waals surface area contributed by atoms with E-state index in [0.29, 0.717) is 0 Å². The normalized spacial score (nSPS) is 17.1. The summed E-state index contributed by atoms with van der Waals surface area (Å²) in [5.74, 6) is -6.91. The van der Waals surface area contributed by atoms with Gasteiger partial charge in [-0.1, -0.05) is 0 Å². The average Bonchev–Trinajstić information content (AvgIpc) is 2.94. The molecule has 31 heavy (non-hydrogen) atoms. The lowest BCUT2D eigenvalue weighted by molar-refractivity contribution is -0.147. The van der Waals surface area contributed by atoms with E-state index in [9.17, 15) is 31.5 Å². The van der Waals surface area contributed by atoms with Crippen LogP contribution in [-0.2, 0) is 6.54 Å². The first-order valence-corrected chi connectivity index (χ1v) is 9.37. The number of carbonyl (C=O) groups is 2. The molecule has 0 aliphatic heterocycles. The van der Waals surface area contributed by atoms with Crippen LogP contribution in [0.5, 0.6) is 0 Å². The molecule has 1 aliphatic carbocycles. The number of primary amides is 1. The van der Waals surface area contributed by atoms with E-state index in [1.165, 1.54) is 25.3 Å². The van der Waals surface area contributed by atoms with Crippen LogP contribution in [0.4, 0.5) is 27.6 Å². The molecule has 0 saturated heterocycles. The summed E-state index contributed by atoms with van der Waals surface area (Å²) in [6, 6.07) is 2.58. The van der Waals surface area contributed by atoms with Crippen molar-refractivity contribution in [2.24, 2.45) is 11.7 Å². The quantitative estimate of drug-likeness (QED) is 0.663. The molecule has 0 radical (unpaired) electrons. The Morgan fingerprint density at radius 1 is 1.35 bits per heavy atom. The van der Waals surface area contributed by atoms with Crippen LogP contribution in [0.2, 0.25) is 0 Å². The molecule has 1 unspecified atom stereocenters. The summed E-state index contributed by atoms with van der Waals surface area (Å²) in [7, 11) is 0. The third kappa shape index (κ3) is 4.83. The van der Waals surface area contributed by atoms with E-state index >= 15 is 0 Å². The number of anilines is 1. The Kier molecular flexibility index (Phi) is 5.76. The second kappa shape index (κ2) is 7.89. The first-order valence-electron chi connectivity index (χ1n) is 9.37. The summed E-state index contributed by atoms with van der Waals surface area (Å²) in [4.78, 5) is 27.9. The molecule has 1 saturated carbocycles. The molecule has 2 amide bonds. The van der Waals surface area contributed by atoms with Crippen LogP contribution in [0.3, 0.4) is 0 Å². The first kappa shape index (κ1) is 22.6. The van der Waals surface area contributed by atoms with E-state index < -0.39 is 48.6 Å². The van der Waals surface area contributed by atoms with Crippen LogP contribution in [0.15, 0.2) is 18.3 Å². The van der Waals surface area contributed by atoms with Crippen LogP contribution >= 0.6 is 0 Å². The van der Waals surface area contributed by atoms with Gasteiger partial charge < -0.3 is 11.1 Å².